The summed E-state index contributed by atoms with van der Waals surface area (Å²) >= 11 is 0. The first-order valence-electron chi connectivity index (χ1n) is 15.0. The van der Waals surface area contributed by atoms with E-state index >= 15 is 0 Å². The zero-order chi connectivity index (χ0) is 29.5. The third-order valence-corrected chi connectivity index (χ3v) is 9.86. The predicted octanol–water partition coefficient (Wildman–Crippen LogP) is 5.04. The second-order valence-electron chi connectivity index (χ2n) is 10.9. The van der Waals surface area contributed by atoms with Crippen LogP contribution in [-0.4, -0.2) is 56.2 Å². The van der Waals surface area contributed by atoms with E-state index in [2.05, 4.69) is 5.32 Å². The van der Waals surface area contributed by atoms with Gasteiger partial charge in [0.2, 0.25) is 0 Å². The number of unbranched alkanes of at least 4 members (excludes halogenated alkanes) is 4. The first-order chi connectivity index (χ1) is 19.8. The standard InChI is InChI=1S/C32H47NO7S/c1-25(35)40-32-17-16-27(22-28(32)24-34)31(36)23-33-18-7-3-2-4-8-19-39-20-10-12-26-11-9-15-30(21-26)41(37,38)29-13-5-6-14-29/h9,11,15-17,21-22,29,31,33-34,36H,2-8,10,12-14,18-20,23-24H2,1H3/t31-/m0/s1. The van der Waals surface area contributed by atoms with E-state index in [1.807, 2.05) is 18.2 Å². The number of nitrogens with one attached hydrogen (secondary N) is 1. The van der Waals surface area contributed by atoms with Gasteiger partial charge >= 0.3 is 5.97 Å². The molecule has 0 radical (unpaired) electrons. The molecule has 0 saturated heterocycles. The minimum absolute atomic E-state index is 0.211. The van der Waals surface area contributed by atoms with E-state index in [9.17, 15) is 23.4 Å². The maximum Gasteiger partial charge on any atom is 0.308 e. The number of carbonyl (C=O) groups is 1. The monoisotopic (exact) mass is 589 g/mol. The molecule has 1 aliphatic rings. The first-order valence-corrected chi connectivity index (χ1v) is 16.6. The summed E-state index contributed by atoms with van der Waals surface area (Å²) < 4.78 is 36.5. The lowest BCUT2D eigenvalue weighted by Crippen LogP contribution is -2.22. The molecule has 3 N–H and O–H groups in total. The minimum atomic E-state index is -3.21. The molecule has 41 heavy (non-hydrogen) atoms. The van der Waals surface area contributed by atoms with Crippen LogP contribution in [0.1, 0.15) is 93.9 Å². The lowest BCUT2D eigenvalue weighted by atomic mass is 10.1. The molecule has 0 spiro atoms. The zero-order valence-corrected chi connectivity index (χ0v) is 25.2. The number of esters is 1. The van der Waals surface area contributed by atoms with Crippen molar-refractivity contribution in [2.24, 2.45) is 0 Å². The van der Waals surface area contributed by atoms with Crippen molar-refractivity contribution >= 4 is 15.8 Å². The highest BCUT2D eigenvalue weighted by Gasteiger charge is 2.30. The van der Waals surface area contributed by atoms with Crippen molar-refractivity contribution in [2.45, 2.75) is 100 Å². The topological polar surface area (TPSA) is 122 Å². The van der Waals surface area contributed by atoms with Gasteiger partial charge in [-0.1, -0.05) is 50.3 Å². The van der Waals surface area contributed by atoms with Gasteiger partial charge in [0.1, 0.15) is 5.75 Å². The molecule has 2 aromatic carbocycles. The van der Waals surface area contributed by atoms with Crippen LogP contribution < -0.4 is 10.1 Å². The Morgan fingerprint density at radius 3 is 2.49 bits per heavy atom. The Morgan fingerprint density at radius 2 is 1.73 bits per heavy atom. The number of aliphatic hydroxyl groups is 2. The van der Waals surface area contributed by atoms with Crippen LogP contribution in [-0.2, 0) is 32.4 Å². The van der Waals surface area contributed by atoms with Crippen molar-refractivity contribution < 1.29 is 32.9 Å². The first kappa shape index (κ1) is 33.2. The van der Waals surface area contributed by atoms with Crippen LogP contribution in [0.5, 0.6) is 5.75 Å². The zero-order valence-electron chi connectivity index (χ0n) is 24.4. The van der Waals surface area contributed by atoms with Gasteiger partial charge in [-0.05, 0) is 80.5 Å². The van der Waals surface area contributed by atoms with E-state index in [1.54, 1.807) is 24.3 Å². The number of hydrogen-bond donors (Lipinski definition) is 3. The van der Waals surface area contributed by atoms with Crippen molar-refractivity contribution in [2.75, 3.05) is 26.3 Å². The summed E-state index contributed by atoms with van der Waals surface area (Å²) in [5.41, 5.74) is 2.19. The molecular formula is C32H47NO7S. The molecule has 0 bridgehead atoms. The van der Waals surface area contributed by atoms with Gasteiger partial charge in [-0.2, -0.15) is 0 Å². The van der Waals surface area contributed by atoms with E-state index in [0.29, 0.717) is 34.9 Å². The average Bonchev–Trinajstić information content (AvgIpc) is 3.52. The Hall–Kier alpha value is -2.30. The van der Waals surface area contributed by atoms with E-state index in [-0.39, 0.29) is 11.9 Å². The fourth-order valence-electron chi connectivity index (χ4n) is 5.28. The minimum Gasteiger partial charge on any atom is -0.426 e. The Balaban J connectivity index is 1.18. The van der Waals surface area contributed by atoms with Crippen LogP contribution in [0.15, 0.2) is 47.4 Å². The Bertz CT molecular complexity index is 1180. The number of aliphatic hydroxyl groups excluding tert-OH is 2. The van der Waals surface area contributed by atoms with E-state index in [4.69, 9.17) is 9.47 Å². The van der Waals surface area contributed by atoms with Crippen LogP contribution in [0.2, 0.25) is 0 Å². The van der Waals surface area contributed by atoms with Crippen molar-refractivity contribution in [1.82, 2.24) is 5.32 Å². The van der Waals surface area contributed by atoms with E-state index < -0.39 is 21.9 Å². The van der Waals surface area contributed by atoms with Crippen molar-refractivity contribution in [3.63, 3.8) is 0 Å². The fourth-order valence-corrected chi connectivity index (χ4v) is 7.20. The number of ether oxygens (including phenoxy) is 2. The molecule has 1 saturated carbocycles. The lowest BCUT2D eigenvalue weighted by molar-refractivity contribution is -0.131. The maximum absolute atomic E-state index is 12.8. The van der Waals surface area contributed by atoms with Gasteiger partial charge in [0.05, 0.1) is 22.9 Å². The van der Waals surface area contributed by atoms with Gasteiger partial charge in [-0.3, -0.25) is 4.79 Å². The number of benzene rings is 2. The Labute approximate surface area is 245 Å². The highest BCUT2D eigenvalue weighted by Crippen LogP contribution is 2.30. The van der Waals surface area contributed by atoms with Crippen LogP contribution in [0.3, 0.4) is 0 Å². The highest BCUT2D eigenvalue weighted by atomic mass is 32.2. The third-order valence-electron chi connectivity index (χ3n) is 7.60. The number of hydrogen-bond acceptors (Lipinski definition) is 8. The summed E-state index contributed by atoms with van der Waals surface area (Å²) in [6, 6.07) is 12.4. The lowest BCUT2D eigenvalue weighted by Gasteiger charge is -2.15. The molecule has 0 amide bonds. The molecule has 9 heteroatoms. The van der Waals surface area contributed by atoms with Crippen molar-refractivity contribution in [1.29, 1.82) is 0 Å². The van der Waals surface area contributed by atoms with Crippen LogP contribution in [0.4, 0.5) is 0 Å². The molecule has 8 nitrogen and oxygen atoms in total. The summed E-state index contributed by atoms with van der Waals surface area (Å²) in [5, 5.41) is 23.0. The molecule has 0 aliphatic heterocycles. The van der Waals surface area contributed by atoms with E-state index in [0.717, 1.165) is 89.3 Å². The summed E-state index contributed by atoms with van der Waals surface area (Å²) in [6.45, 7) is 3.68. The van der Waals surface area contributed by atoms with Crippen LogP contribution in [0.25, 0.3) is 0 Å². The van der Waals surface area contributed by atoms with Gasteiger partial charge in [-0.25, -0.2) is 8.42 Å². The number of sulfone groups is 1. The maximum atomic E-state index is 12.8. The molecule has 0 aromatic heterocycles. The smallest absolute Gasteiger partial charge is 0.308 e. The number of aryl methyl sites for hydroxylation is 1. The molecule has 1 fully saturated rings. The summed E-state index contributed by atoms with van der Waals surface area (Å²) in [5.74, 6) is -0.143. The molecule has 0 heterocycles. The second-order valence-corrected chi connectivity index (χ2v) is 13.1. The van der Waals surface area contributed by atoms with Gasteiger partial charge in [0.25, 0.3) is 0 Å². The quantitative estimate of drug-likeness (QED) is 0.118. The molecule has 2 aromatic rings. The number of rotatable bonds is 19. The molecule has 1 aliphatic carbocycles. The normalized spacial score (nSPS) is 14.8. The second kappa shape index (κ2) is 17.6. The molecule has 1 atom stereocenters. The summed E-state index contributed by atoms with van der Waals surface area (Å²) in [6.07, 6.45) is 9.97. The number of carbonyl (C=O) groups excluding carboxylic acids is 1. The van der Waals surface area contributed by atoms with E-state index in [1.165, 1.54) is 6.92 Å². The average molecular weight is 590 g/mol. The van der Waals surface area contributed by atoms with Gasteiger partial charge in [-0.15, -0.1) is 0 Å². The van der Waals surface area contributed by atoms with Crippen LogP contribution >= 0.6 is 0 Å². The Kier molecular flexibility index (Phi) is 14.3. The molecular weight excluding hydrogens is 542 g/mol. The molecule has 3 rings (SSSR count). The largest absolute Gasteiger partial charge is 0.426 e. The predicted molar refractivity (Wildman–Crippen MR) is 160 cm³/mol. The Morgan fingerprint density at radius 1 is 1.00 bits per heavy atom. The van der Waals surface area contributed by atoms with Crippen LogP contribution in [0, 0.1) is 0 Å². The molecule has 0 unspecified atom stereocenters. The van der Waals surface area contributed by atoms with Gasteiger partial charge < -0.3 is 25.0 Å². The third kappa shape index (κ3) is 11.1. The van der Waals surface area contributed by atoms with Crippen molar-refractivity contribution in [3.8, 4) is 5.75 Å². The summed E-state index contributed by atoms with van der Waals surface area (Å²) in [4.78, 5) is 11.6. The van der Waals surface area contributed by atoms with Gasteiger partial charge in [0.15, 0.2) is 9.84 Å². The highest BCUT2D eigenvalue weighted by molar-refractivity contribution is 7.92. The molecule has 228 valence electrons. The van der Waals surface area contributed by atoms with Gasteiger partial charge in [0, 0.05) is 32.2 Å². The SMILES string of the molecule is CC(=O)Oc1ccc([C@@H](O)CNCCCCCCCOCCCc2cccc(S(=O)(=O)C3CCCC3)c2)cc1CO. The fraction of sp³-hybridized carbons (Fsp3) is 0.594. The summed E-state index contributed by atoms with van der Waals surface area (Å²) in [7, 11) is -3.21. The van der Waals surface area contributed by atoms with Crippen molar-refractivity contribution in [3.05, 3.63) is 59.2 Å².